The van der Waals surface area contributed by atoms with Gasteiger partial charge in [0.05, 0.1) is 10.0 Å². The van der Waals surface area contributed by atoms with E-state index >= 15 is 0 Å². The summed E-state index contributed by atoms with van der Waals surface area (Å²) in [5, 5.41) is 3.93. The first-order chi connectivity index (χ1) is 14.8. The number of halogens is 2. The lowest BCUT2D eigenvalue weighted by molar-refractivity contribution is -0.142. The van der Waals surface area contributed by atoms with Crippen molar-refractivity contribution in [1.29, 1.82) is 0 Å². The van der Waals surface area contributed by atoms with Gasteiger partial charge in [-0.25, -0.2) is 0 Å². The number of rotatable bonds is 8. The van der Waals surface area contributed by atoms with Crippen molar-refractivity contribution in [3.05, 3.63) is 63.6 Å². The maximum atomic E-state index is 13.1. The van der Waals surface area contributed by atoms with Crippen LogP contribution in [0.2, 0.25) is 10.0 Å². The van der Waals surface area contributed by atoms with Crippen LogP contribution in [0.25, 0.3) is 0 Å². The number of benzene rings is 2. The highest BCUT2D eigenvalue weighted by Crippen LogP contribution is 2.24. The molecule has 0 aliphatic heterocycles. The summed E-state index contributed by atoms with van der Waals surface area (Å²) in [6, 6.07) is 12.3. The predicted octanol–water partition coefficient (Wildman–Crippen LogP) is 5.16. The molecule has 0 bridgehead atoms. The van der Waals surface area contributed by atoms with Gasteiger partial charge in [-0.05, 0) is 56.0 Å². The van der Waals surface area contributed by atoms with Crippen LogP contribution in [-0.2, 0) is 16.1 Å². The third-order valence-corrected chi connectivity index (χ3v) is 6.39. The smallest absolute Gasteiger partial charge is 0.261 e. The molecule has 5 nitrogen and oxygen atoms in total. The maximum absolute atomic E-state index is 13.1. The van der Waals surface area contributed by atoms with E-state index < -0.39 is 6.04 Å². The molecule has 0 saturated heterocycles. The highest BCUT2D eigenvalue weighted by Gasteiger charge is 2.29. The van der Waals surface area contributed by atoms with Gasteiger partial charge in [0.2, 0.25) is 5.91 Å². The first kappa shape index (κ1) is 23.4. The molecule has 0 spiro atoms. The van der Waals surface area contributed by atoms with Crippen LogP contribution in [-0.4, -0.2) is 35.4 Å². The van der Waals surface area contributed by atoms with E-state index in [4.69, 9.17) is 27.9 Å². The highest BCUT2D eigenvalue weighted by molar-refractivity contribution is 6.42. The molecule has 0 heterocycles. The number of carbonyl (C=O) groups is 2. The molecule has 166 valence electrons. The number of nitrogens with one attached hydrogen (secondary N) is 1. The summed E-state index contributed by atoms with van der Waals surface area (Å²) in [6.45, 7) is 3.73. The molecule has 7 heteroatoms. The molecule has 1 aliphatic rings. The number of hydrogen-bond acceptors (Lipinski definition) is 3. The van der Waals surface area contributed by atoms with Crippen LogP contribution in [0.15, 0.2) is 42.5 Å². The van der Waals surface area contributed by atoms with E-state index in [0.29, 0.717) is 15.8 Å². The van der Waals surface area contributed by atoms with Gasteiger partial charge in [0.15, 0.2) is 6.61 Å². The molecule has 3 rings (SSSR count). The van der Waals surface area contributed by atoms with E-state index in [1.165, 1.54) is 4.90 Å². The van der Waals surface area contributed by atoms with Gasteiger partial charge in [-0.1, -0.05) is 60.3 Å². The topological polar surface area (TPSA) is 58.6 Å². The lowest BCUT2D eigenvalue weighted by Crippen LogP contribution is -2.50. The monoisotopic (exact) mass is 462 g/mol. The molecular formula is C24H28Cl2N2O3. The summed E-state index contributed by atoms with van der Waals surface area (Å²) >= 11 is 12.2. The predicted molar refractivity (Wildman–Crippen MR) is 124 cm³/mol. The van der Waals surface area contributed by atoms with Gasteiger partial charge in [0.1, 0.15) is 11.8 Å². The third kappa shape index (κ3) is 6.37. The molecular weight excluding hydrogens is 435 g/mol. The molecule has 2 aromatic carbocycles. The number of carbonyl (C=O) groups excluding carboxylic acids is 2. The maximum Gasteiger partial charge on any atom is 0.261 e. The first-order valence-corrected chi connectivity index (χ1v) is 11.3. The zero-order valence-corrected chi connectivity index (χ0v) is 19.4. The van der Waals surface area contributed by atoms with Crippen molar-refractivity contribution in [2.45, 2.75) is 58.2 Å². The highest BCUT2D eigenvalue weighted by atomic mass is 35.5. The summed E-state index contributed by atoms with van der Waals surface area (Å²) in [6.07, 6.45) is 4.20. The molecule has 0 radical (unpaired) electrons. The van der Waals surface area contributed by atoms with Crippen molar-refractivity contribution in [3.8, 4) is 5.75 Å². The van der Waals surface area contributed by atoms with Gasteiger partial charge in [0, 0.05) is 12.6 Å². The van der Waals surface area contributed by atoms with Gasteiger partial charge in [-0.3, -0.25) is 9.59 Å². The molecule has 0 aromatic heterocycles. The molecule has 1 fully saturated rings. The second-order valence-electron chi connectivity index (χ2n) is 7.99. The molecule has 1 unspecified atom stereocenters. The molecule has 1 N–H and O–H groups in total. The van der Waals surface area contributed by atoms with Crippen molar-refractivity contribution in [1.82, 2.24) is 10.2 Å². The fourth-order valence-electron chi connectivity index (χ4n) is 3.75. The number of para-hydroxylation sites is 1. The fourth-order valence-corrected chi connectivity index (χ4v) is 4.07. The normalized spacial score (nSPS) is 14.8. The van der Waals surface area contributed by atoms with E-state index in [1.54, 1.807) is 25.1 Å². The van der Waals surface area contributed by atoms with Crippen LogP contribution < -0.4 is 10.1 Å². The summed E-state index contributed by atoms with van der Waals surface area (Å²) in [4.78, 5) is 27.6. The Hall–Kier alpha value is -2.24. The Kier molecular flexibility index (Phi) is 8.22. The molecule has 31 heavy (non-hydrogen) atoms. The standard InChI is InChI=1S/C24H28Cl2N2O3/c1-16-7-3-6-10-22(16)31-15-23(29)28(14-18-11-12-20(25)21(26)13-18)17(2)24(30)27-19-8-4-5-9-19/h3,6-7,10-13,17,19H,4-5,8-9,14-15H2,1-2H3,(H,27,30). The zero-order chi connectivity index (χ0) is 22.4. The van der Waals surface area contributed by atoms with Gasteiger partial charge in [-0.2, -0.15) is 0 Å². The summed E-state index contributed by atoms with van der Waals surface area (Å²) in [7, 11) is 0. The SMILES string of the molecule is Cc1ccccc1OCC(=O)N(Cc1ccc(Cl)c(Cl)c1)C(C)C(=O)NC1CCCC1. The molecule has 2 amide bonds. The van der Waals surface area contributed by atoms with Gasteiger partial charge in [-0.15, -0.1) is 0 Å². The minimum atomic E-state index is -0.650. The van der Waals surface area contributed by atoms with Crippen LogP contribution in [0, 0.1) is 6.92 Å². The molecule has 1 saturated carbocycles. The Morgan fingerprint density at radius 1 is 1.13 bits per heavy atom. The second kappa shape index (κ2) is 10.9. The van der Waals surface area contributed by atoms with E-state index in [-0.39, 0.29) is 31.0 Å². The Labute approximate surface area is 193 Å². The van der Waals surface area contributed by atoms with Gasteiger partial charge >= 0.3 is 0 Å². The van der Waals surface area contributed by atoms with Crippen molar-refractivity contribution < 1.29 is 14.3 Å². The minimum Gasteiger partial charge on any atom is -0.484 e. The molecule has 1 atom stereocenters. The van der Waals surface area contributed by atoms with E-state index in [0.717, 1.165) is 36.8 Å². The largest absolute Gasteiger partial charge is 0.484 e. The Morgan fingerprint density at radius 3 is 2.52 bits per heavy atom. The minimum absolute atomic E-state index is 0.156. The van der Waals surface area contributed by atoms with Crippen molar-refractivity contribution in [3.63, 3.8) is 0 Å². The van der Waals surface area contributed by atoms with E-state index in [2.05, 4.69) is 5.32 Å². The number of aryl methyl sites for hydroxylation is 1. The fraction of sp³-hybridized carbons (Fsp3) is 0.417. The Balaban J connectivity index is 1.74. The van der Waals surface area contributed by atoms with Crippen LogP contribution in [0.1, 0.15) is 43.7 Å². The van der Waals surface area contributed by atoms with Crippen LogP contribution >= 0.6 is 23.2 Å². The zero-order valence-electron chi connectivity index (χ0n) is 17.9. The van der Waals surface area contributed by atoms with Gasteiger partial charge in [0.25, 0.3) is 5.91 Å². The first-order valence-electron chi connectivity index (χ1n) is 10.6. The summed E-state index contributed by atoms with van der Waals surface area (Å²) < 4.78 is 5.75. The second-order valence-corrected chi connectivity index (χ2v) is 8.80. The van der Waals surface area contributed by atoms with E-state index in [9.17, 15) is 9.59 Å². The number of amides is 2. The average Bonchev–Trinajstić information content (AvgIpc) is 3.26. The third-order valence-electron chi connectivity index (χ3n) is 5.65. The lowest BCUT2D eigenvalue weighted by Gasteiger charge is -2.30. The Bertz CT molecular complexity index is 929. The summed E-state index contributed by atoms with van der Waals surface area (Å²) in [5.74, 6) is 0.216. The quantitative estimate of drug-likeness (QED) is 0.589. The lowest BCUT2D eigenvalue weighted by atomic mass is 10.1. The van der Waals surface area contributed by atoms with Crippen molar-refractivity contribution in [2.75, 3.05) is 6.61 Å². The molecule has 2 aromatic rings. The van der Waals surface area contributed by atoms with Gasteiger partial charge < -0.3 is 15.0 Å². The van der Waals surface area contributed by atoms with E-state index in [1.807, 2.05) is 31.2 Å². The number of hydrogen-bond donors (Lipinski definition) is 1. The van der Waals surface area contributed by atoms with Crippen LogP contribution in [0.5, 0.6) is 5.75 Å². The van der Waals surface area contributed by atoms with Crippen molar-refractivity contribution >= 4 is 35.0 Å². The number of nitrogens with zero attached hydrogens (tertiary/aromatic N) is 1. The van der Waals surface area contributed by atoms with Crippen LogP contribution in [0.3, 0.4) is 0 Å². The Morgan fingerprint density at radius 2 is 1.84 bits per heavy atom. The average molecular weight is 463 g/mol. The number of ether oxygens (including phenoxy) is 1. The van der Waals surface area contributed by atoms with Crippen molar-refractivity contribution in [2.24, 2.45) is 0 Å². The summed E-state index contributed by atoms with van der Waals surface area (Å²) in [5.41, 5.74) is 1.73. The molecule has 1 aliphatic carbocycles. The van der Waals surface area contributed by atoms with Crippen LogP contribution in [0.4, 0.5) is 0 Å².